The first-order valence-electron chi connectivity index (χ1n) is 9.65. The highest BCUT2D eigenvalue weighted by atomic mass is 19.1. The highest BCUT2D eigenvalue weighted by molar-refractivity contribution is 6.03. The van der Waals surface area contributed by atoms with Crippen LogP contribution in [0.3, 0.4) is 0 Å². The molecule has 0 unspecified atom stereocenters. The maximum absolute atomic E-state index is 15.2. The van der Waals surface area contributed by atoms with Gasteiger partial charge in [0.25, 0.3) is 0 Å². The molecule has 2 aliphatic heterocycles. The number of rotatable bonds is 3. The van der Waals surface area contributed by atoms with Crippen LogP contribution in [-0.2, 0) is 0 Å². The van der Waals surface area contributed by atoms with Crippen molar-refractivity contribution in [1.29, 1.82) is 0 Å². The molecular formula is C20H25FN4O3. The Balaban J connectivity index is 1.99. The van der Waals surface area contributed by atoms with Gasteiger partial charge in [-0.1, -0.05) is 12.1 Å². The molecule has 0 amide bonds. The third kappa shape index (κ3) is 2.83. The molecule has 0 bridgehead atoms. The Hall–Kier alpha value is -2.61. The van der Waals surface area contributed by atoms with Gasteiger partial charge < -0.3 is 24.3 Å². The third-order valence-corrected chi connectivity index (χ3v) is 5.73. The smallest absolute Gasteiger partial charge is 0.198 e. The van der Waals surface area contributed by atoms with E-state index in [1.54, 1.807) is 6.20 Å². The normalized spacial score (nSPS) is 20.5. The number of aromatic nitrogens is 1. The van der Waals surface area contributed by atoms with Crippen LogP contribution < -0.4 is 15.1 Å². The van der Waals surface area contributed by atoms with Crippen molar-refractivity contribution in [2.24, 2.45) is 5.16 Å². The quantitative estimate of drug-likeness (QED) is 0.497. The monoisotopic (exact) mass is 388 g/mol. The Morgan fingerprint density at radius 1 is 1.36 bits per heavy atom. The number of oxime groups is 1. The second kappa shape index (κ2) is 7.09. The zero-order valence-corrected chi connectivity index (χ0v) is 16.4. The van der Waals surface area contributed by atoms with E-state index in [-0.39, 0.29) is 16.9 Å². The molecule has 1 fully saturated rings. The second-order valence-corrected chi connectivity index (χ2v) is 7.56. The van der Waals surface area contributed by atoms with Crippen molar-refractivity contribution >= 4 is 22.3 Å². The van der Waals surface area contributed by atoms with E-state index in [9.17, 15) is 10.0 Å². The molecule has 8 heteroatoms. The van der Waals surface area contributed by atoms with E-state index in [1.165, 1.54) is 6.07 Å². The average molecular weight is 388 g/mol. The summed E-state index contributed by atoms with van der Waals surface area (Å²) in [7, 11) is 2.05. The highest BCUT2D eigenvalue weighted by Gasteiger charge is 2.30. The summed E-state index contributed by atoms with van der Waals surface area (Å²) in [6.07, 6.45) is 2.11. The molecule has 1 aromatic heterocycles. The van der Waals surface area contributed by atoms with Crippen molar-refractivity contribution in [3.05, 3.63) is 33.9 Å². The number of nitrogens with zero attached hydrogens (tertiary/aromatic N) is 4. The average Bonchev–Trinajstić information content (AvgIpc) is 2.69. The van der Waals surface area contributed by atoms with Crippen molar-refractivity contribution in [3.8, 4) is 5.75 Å². The number of hydrogen-bond acceptors (Lipinski definition) is 6. The van der Waals surface area contributed by atoms with Crippen LogP contribution in [0.4, 0.5) is 10.1 Å². The Kier molecular flexibility index (Phi) is 4.74. The van der Waals surface area contributed by atoms with Gasteiger partial charge >= 0.3 is 0 Å². The lowest BCUT2D eigenvalue weighted by Crippen LogP contribution is -2.45. The molecule has 4 rings (SSSR count). The van der Waals surface area contributed by atoms with Crippen LogP contribution in [-0.4, -0.2) is 60.2 Å². The zero-order valence-electron chi connectivity index (χ0n) is 16.4. The van der Waals surface area contributed by atoms with Gasteiger partial charge in [-0.2, -0.15) is 0 Å². The number of hydrogen-bond donors (Lipinski definition) is 1. The minimum atomic E-state index is -0.457. The van der Waals surface area contributed by atoms with E-state index >= 15 is 4.39 Å². The van der Waals surface area contributed by atoms with Gasteiger partial charge in [-0.3, -0.25) is 4.79 Å². The van der Waals surface area contributed by atoms with Gasteiger partial charge in [0.2, 0.25) is 0 Å². The second-order valence-electron chi connectivity index (χ2n) is 7.56. The first-order chi connectivity index (χ1) is 13.5. The van der Waals surface area contributed by atoms with Crippen LogP contribution in [0.15, 0.2) is 22.2 Å². The summed E-state index contributed by atoms with van der Waals surface area (Å²) in [5.74, 6) is -0.0262. The molecule has 28 heavy (non-hydrogen) atoms. The van der Waals surface area contributed by atoms with E-state index in [1.807, 2.05) is 30.4 Å². The van der Waals surface area contributed by atoms with Crippen LogP contribution in [0.25, 0.3) is 10.9 Å². The number of piperazine rings is 1. The standard InChI is InChI=1S/C20H25FN4O3/c1-4-16(22-27)14-10-25-12(2)11-28-20-17(25)13(19(14)26)9-15(21)18(20)24-7-5-23(3)6-8-24/h9-10,12,27H,4-8,11H2,1-3H3/b22-16+/t12-/m0/s1. The minimum absolute atomic E-state index is 0.0306. The fourth-order valence-electron chi connectivity index (χ4n) is 4.06. The summed E-state index contributed by atoms with van der Waals surface area (Å²) in [5, 5.41) is 12.8. The zero-order chi connectivity index (χ0) is 20.0. The lowest BCUT2D eigenvalue weighted by Gasteiger charge is -2.37. The number of halogens is 1. The molecule has 2 aromatic rings. The van der Waals surface area contributed by atoms with Crippen LogP contribution in [0, 0.1) is 5.82 Å². The number of anilines is 1. The Bertz CT molecular complexity index is 1010. The van der Waals surface area contributed by atoms with Crippen molar-refractivity contribution < 1.29 is 14.3 Å². The minimum Gasteiger partial charge on any atom is -0.487 e. The fraction of sp³-hybridized carbons (Fsp3) is 0.500. The van der Waals surface area contributed by atoms with Gasteiger partial charge in [-0.05, 0) is 26.5 Å². The predicted molar refractivity (Wildman–Crippen MR) is 107 cm³/mol. The molecule has 1 N–H and O–H groups in total. The lowest BCUT2D eigenvalue weighted by atomic mass is 10.0. The van der Waals surface area contributed by atoms with Gasteiger partial charge in [0.05, 0.1) is 28.2 Å². The largest absolute Gasteiger partial charge is 0.487 e. The molecule has 1 atom stereocenters. The summed E-state index contributed by atoms with van der Waals surface area (Å²) >= 11 is 0. The van der Waals surface area contributed by atoms with Crippen molar-refractivity contribution in [2.45, 2.75) is 26.3 Å². The number of likely N-dealkylation sites (N-methyl/N-ethyl adjacent to an activating group) is 1. The van der Waals surface area contributed by atoms with Gasteiger partial charge in [0.15, 0.2) is 17.0 Å². The van der Waals surface area contributed by atoms with E-state index in [0.29, 0.717) is 54.3 Å². The van der Waals surface area contributed by atoms with Crippen LogP contribution >= 0.6 is 0 Å². The molecule has 150 valence electrons. The first-order valence-corrected chi connectivity index (χ1v) is 9.65. The van der Waals surface area contributed by atoms with E-state index in [4.69, 9.17) is 4.74 Å². The van der Waals surface area contributed by atoms with Gasteiger partial charge in [-0.15, -0.1) is 0 Å². The number of benzene rings is 1. The van der Waals surface area contributed by atoms with E-state index < -0.39 is 5.82 Å². The molecule has 0 spiro atoms. The summed E-state index contributed by atoms with van der Waals surface area (Å²) < 4.78 is 23.1. The fourth-order valence-corrected chi connectivity index (χ4v) is 4.06. The van der Waals surface area contributed by atoms with Crippen molar-refractivity contribution in [1.82, 2.24) is 9.47 Å². The molecule has 0 saturated carbocycles. The summed E-state index contributed by atoms with van der Waals surface area (Å²) in [6.45, 7) is 7.25. The number of pyridine rings is 1. The molecule has 3 heterocycles. The number of ether oxygens (including phenoxy) is 1. The van der Waals surface area contributed by atoms with Gasteiger partial charge in [-0.25, -0.2) is 4.39 Å². The summed E-state index contributed by atoms with van der Waals surface area (Å²) in [5.41, 5.74) is 1.28. The first kappa shape index (κ1) is 18.7. The van der Waals surface area contributed by atoms with E-state index in [0.717, 1.165) is 13.1 Å². The molecule has 0 aliphatic carbocycles. The van der Waals surface area contributed by atoms with E-state index in [2.05, 4.69) is 10.1 Å². The Labute approximate surface area is 162 Å². The molecule has 2 aliphatic rings. The summed E-state index contributed by atoms with van der Waals surface area (Å²) in [6, 6.07) is 1.28. The third-order valence-electron chi connectivity index (χ3n) is 5.73. The Morgan fingerprint density at radius 2 is 2.07 bits per heavy atom. The highest BCUT2D eigenvalue weighted by Crippen LogP contribution is 2.42. The van der Waals surface area contributed by atoms with Gasteiger partial charge in [0, 0.05) is 32.4 Å². The maximum Gasteiger partial charge on any atom is 0.198 e. The topological polar surface area (TPSA) is 70.3 Å². The summed E-state index contributed by atoms with van der Waals surface area (Å²) in [4.78, 5) is 17.3. The van der Waals surface area contributed by atoms with Crippen molar-refractivity contribution in [2.75, 3.05) is 44.7 Å². The molecule has 7 nitrogen and oxygen atoms in total. The van der Waals surface area contributed by atoms with Crippen LogP contribution in [0.1, 0.15) is 31.9 Å². The maximum atomic E-state index is 15.2. The molecular weight excluding hydrogens is 363 g/mol. The SMILES string of the molecule is CC/C(=N\O)c1cn2c3c(c(N4CCN(C)CC4)c(F)cc3c1=O)OC[C@@H]2C. The Morgan fingerprint density at radius 3 is 2.71 bits per heavy atom. The lowest BCUT2D eigenvalue weighted by molar-refractivity contribution is 0.245. The molecule has 1 aromatic carbocycles. The van der Waals surface area contributed by atoms with Gasteiger partial charge in [0.1, 0.15) is 12.3 Å². The molecule has 1 saturated heterocycles. The predicted octanol–water partition coefficient (Wildman–Crippen LogP) is 2.43. The molecule has 0 radical (unpaired) electrons. The van der Waals surface area contributed by atoms with Crippen LogP contribution in [0.5, 0.6) is 5.75 Å². The van der Waals surface area contributed by atoms with Crippen molar-refractivity contribution in [3.63, 3.8) is 0 Å². The van der Waals surface area contributed by atoms with Crippen LogP contribution in [0.2, 0.25) is 0 Å².